The predicted molar refractivity (Wildman–Crippen MR) is 68.6 cm³/mol. The number of phenolic OH excluding ortho intramolecular Hbond substituents is 2. The van der Waals surface area contributed by atoms with Crippen LogP contribution in [-0.2, 0) is 11.3 Å². The molecule has 102 valence electrons. The second kappa shape index (κ2) is 6.58. The minimum atomic E-state index is -0.859. The quantitative estimate of drug-likeness (QED) is 0.546. The highest BCUT2D eigenvalue weighted by atomic mass is 16.5. The van der Waals surface area contributed by atoms with Crippen molar-refractivity contribution in [3.63, 3.8) is 0 Å². The summed E-state index contributed by atoms with van der Waals surface area (Å²) in [6.07, 6.45) is 0.530. The topological polar surface area (TPSA) is 82.0 Å². The fourth-order valence-corrected chi connectivity index (χ4v) is 1.60. The van der Waals surface area contributed by atoms with E-state index in [2.05, 4.69) is 5.32 Å². The molecule has 0 saturated carbocycles. The Morgan fingerprint density at radius 1 is 1.33 bits per heavy atom. The van der Waals surface area contributed by atoms with Crippen molar-refractivity contribution in [2.75, 3.05) is 20.3 Å². The zero-order valence-electron chi connectivity index (χ0n) is 10.8. The van der Waals surface area contributed by atoms with Crippen molar-refractivity contribution >= 4 is 0 Å². The number of ether oxygens (including phenoxy) is 1. The number of rotatable bonds is 7. The average molecular weight is 255 g/mol. The summed E-state index contributed by atoms with van der Waals surface area (Å²) in [5, 5.41) is 32.0. The molecule has 0 bridgehead atoms. The molecule has 1 aromatic carbocycles. The summed E-state index contributed by atoms with van der Waals surface area (Å²) in [7, 11) is 1.59. The molecule has 0 aliphatic rings. The van der Waals surface area contributed by atoms with E-state index in [1.165, 1.54) is 6.07 Å². The molecule has 0 aliphatic heterocycles. The molecule has 18 heavy (non-hydrogen) atoms. The normalized spacial score (nSPS) is 14.4. The first-order valence-corrected chi connectivity index (χ1v) is 5.88. The number of aliphatic hydroxyl groups is 1. The molecule has 0 aliphatic carbocycles. The van der Waals surface area contributed by atoms with Gasteiger partial charge in [0.25, 0.3) is 0 Å². The van der Waals surface area contributed by atoms with Gasteiger partial charge in [0.1, 0.15) is 0 Å². The van der Waals surface area contributed by atoms with Crippen LogP contribution in [0.4, 0.5) is 0 Å². The van der Waals surface area contributed by atoms with Gasteiger partial charge in [0.15, 0.2) is 11.5 Å². The Balaban J connectivity index is 2.44. The zero-order chi connectivity index (χ0) is 13.6. The maximum atomic E-state index is 9.99. The fourth-order valence-electron chi connectivity index (χ4n) is 1.60. The summed E-state index contributed by atoms with van der Waals surface area (Å²) in [5.74, 6) is -0.262. The Bertz CT molecular complexity index is 379. The van der Waals surface area contributed by atoms with Gasteiger partial charge in [-0.15, -0.1) is 0 Å². The van der Waals surface area contributed by atoms with E-state index in [0.29, 0.717) is 31.7 Å². The minimum Gasteiger partial charge on any atom is -0.504 e. The van der Waals surface area contributed by atoms with Gasteiger partial charge in [-0.2, -0.15) is 0 Å². The number of nitrogens with one attached hydrogen (secondary N) is 1. The predicted octanol–water partition coefficient (Wildman–Crippen LogP) is 0.975. The first-order valence-electron chi connectivity index (χ1n) is 5.88. The van der Waals surface area contributed by atoms with Gasteiger partial charge in [-0.1, -0.05) is 12.1 Å². The van der Waals surface area contributed by atoms with Crippen LogP contribution in [-0.4, -0.2) is 41.2 Å². The molecule has 0 radical (unpaired) electrons. The molecule has 1 rings (SSSR count). The lowest BCUT2D eigenvalue weighted by atomic mass is 10.0. The smallest absolute Gasteiger partial charge is 0.161 e. The largest absolute Gasteiger partial charge is 0.504 e. The highest BCUT2D eigenvalue weighted by Gasteiger charge is 2.19. The standard InChI is InChI=1S/C13H21NO4/c1-13(17,6-7-18-2)9-14-8-10-4-3-5-11(15)12(10)16/h3-5,14-17H,6-9H2,1-2H3. The Labute approximate surface area is 107 Å². The Morgan fingerprint density at radius 3 is 2.72 bits per heavy atom. The first-order chi connectivity index (χ1) is 8.46. The molecule has 5 heteroatoms. The van der Waals surface area contributed by atoms with Crippen LogP contribution in [0.15, 0.2) is 18.2 Å². The lowest BCUT2D eigenvalue weighted by molar-refractivity contribution is 0.0247. The molecular weight excluding hydrogens is 234 g/mol. The summed E-state index contributed by atoms with van der Waals surface area (Å²) in [6.45, 7) is 2.97. The van der Waals surface area contributed by atoms with Gasteiger partial charge in [0, 0.05) is 38.8 Å². The van der Waals surface area contributed by atoms with E-state index in [1.54, 1.807) is 26.2 Å². The highest BCUT2D eigenvalue weighted by Crippen LogP contribution is 2.27. The van der Waals surface area contributed by atoms with E-state index >= 15 is 0 Å². The molecule has 0 heterocycles. The van der Waals surface area contributed by atoms with Gasteiger partial charge in [0.2, 0.25) is 0 Å². The van der Waals surface area contributed by atoms with Crippen LogP contribution in [0, 0.1) is 0 Å². The van der Waals surface area contributed by atoms with Crippen molar-refractivity contribution < 1.29 is 20.1 Å². The minimum absolute atomic E-state index is 0.124. The first kappa shape index (κ1) is 14.8. The number of para-hydroxylation sites is 1. The number of benzene rings is 1. The van der Waals surface area contributed by atoms with Crippen molar-refractivity contribution in [1.29, 1.82) is 0 Å². The lowest BCUT2D eigenvalue weighted by Gasteiger charge is -2.23. The van der Waals surface area contributed by atoms with E-state index in [0.717, 1.165) is 0 Å². The molecule has 0 amide bonds. The Hall–Kier alpha value is -1.30. The van der Waals surface area contributed by atoms with Crippen LogP contribution in [0.25, 0.3) is 0 Å². The second-order valence-electron chi connectivity index (χ2n) is 4.63. The van der Waals surface area contributed by atoms with Gasteiger partial charge in [-0.05, 0) is 13.0 Å². The van der Waals surface area contributed by atoms with Gasteiger partial charge in [-0.25, -0.2) is 0 Å². The maximum Gasteiger partial charge on any atom is 0.161 e. The average Bonchev–Trinajstić information content (AvgIpc) is 2.32. The SMILES string of the molecule is COCCC(C)(O)CNCc1cccc(O)c1O. The second-order valence-corrected chi connectivity index (χ2v) is 4.63. The zero-order valence-corrected chi connectivity index (χ0v) is 10.8. The summed E-state index contributed by atoms with van der Waals surface area (Å²) in [4.78, 5) is 0. The monoisotopic (exact) mass is 255 g/mol. The van der Waals surface area contributed by atoms with E-state index in [9.17, 15) is 15.3 Å². The number of hydrogen-bond acceptors (Lipinski definition) is 5. The van der Waals surface area contributed by atoms with Gasteiger partial charge >= 0.3 is 0 Å². The van der Waals surface area contributed by atoms with Gasteiger partial charge in [0.05, 0.1) is 5.60 Å². The van der Waals surface area contributed by atoms with E-state index in [1.807, 2.05) is 0 Å². The number of aromatic hydroxyl groups is 2. The van der Waals surface area contributed by atoms with Crippen LogP contribution in [0.2, 0.25) is 0 Å². The van der Waals surface area contributed by atoms with E-state index < -0.39 is 5.60 Å². The van der Waals surface area contributed by atoms with Crippen molar-refractivity contribution in [3.8, 4) is 11.5 Å². The molecule has 4 N–H and O–H groups in total. The van der Waals surface area contributed by atoms with Crippen LogP contribution >= 0.6 is 0 Å². The highest BCUT2D eigenvalue weighted by molar-refractivity contribution is 5.44. The van der Waals surface area contributed by atoms with Crippen LogP contribution < -0.4 is 5.32 Å². The van der Waals surface area contributed by atoms with Crippen molar-refractivity contribution in [2.24, 2.45) is 0 Å². The third-order valence-corrected chi connectivity index (χ3v) is 2.76. The maximum absolute atomic E-state index is 9.99. The molecule has 0 fully saturated rings. The summed E-state index contributed by atoms with van der Waals surface area (Å²) >= 11 is 0. The van der Waals surface area contributed by atoms with Crippen LogP contribution in [0.3, 0.4) is 0 Å². The van der Waals surface area contributed by atoms with Crippen LogP contribution in [0.1, 0.15) is 18.9 Å². The molecular formula is C13H21NO4. The van der Waals surface area contributed by atoms with Crippen molar-refractivity contribution in [1.82, 2.24) is 5.32 Å². The molecule has 0 saturated heterocycles. The molecule has 1 atom stereocenters. The van der Waals surface area contributed by atoms with Gasteiger partial charge < -0.3 is 25.4 Å². The molecule has 0 aromatic heterocycles. The molecule has 1 aromatic rings. The Kier molecular flexibility index (Phi) is 5.40. The summed E-state index contributed by atoms with van der Waals surface area (Å²) in [6, 6.07) is 4.80. The molecule has 1 unspecified atom stereocenters. The van der Waals surface area contributed by atoms with E-state index in [4.69, 9.17) is 4.74 Å². The summed E-state index contributed by atoms with van der Waals surface area (Å²) < 4.78 is 4.92. The molecule has 0 spiro atoms. The third-order valence-electron chi connectivity index (χ3n) is 2.76. The third kappa shape index (κ3) is 4.52. The van der Waals surface area contributed by atoms with E-state index in [-0.39, 0.29) is 11.5 Å². The fraction of sp³-hybridized carbons (Fsp3) is 0.538. The van der Waals surface area contributed by atoms with Gasteiger partial charge in [-0.3, -0.25) is 0 Å². The Morgan fingerprint density at radius 2 is 2.06 bits per heavy atom. The van der Waals surface area contributed by atoms with Crippen molar-refractivity contribution in [2.45, 2.75) is 25.5 Å². The van der Waals surface area contributed by atoms with Crippen molar-refractivity contribution in [3.05, 3.63) is 23.8 Å². The number of phenols is 2. The molecule has 5 nitrogen and oxygen atoms in total. The number of methoxy groups -OCH3 is 1. The summed E-state index contributed by atoms with van der Waals surface area (Å²) in [5.41, 5.74) is -0.264. The van der Waals surface area contributed by atoms with Crippen LogP contribution in [0.5, 0.6) is 11.5 Å². The number of hydrogen-bond donors (Lipinski definition) is 4. The lowest BCUT2D eigenvalue weighted by Crippen LogP contribution is -2.38.